The molecular formula is C18H27N3O2S. The van der Waals surface area contributed by atoms with Crippen molar-refractivity contribution in [1.29, 1.82) is 0 Å². The lowest BCUT2D eigenvalue weighted by molar-refractivity contribution is 0.0891. The molecule has 6 heteroatoms. The van der Waals surface area contributed by atoms with E-state index in [1.807, 2.05) is 38.1 Å². The number of hydrogen-bond acceptors (Lipinski definition) is 5. The quantitative estimate of drug-likeness (QED) is 0.736. The van der Waals surface area contributed by atoms with Gasteiger partial charge in [0.15, 0.2) is 5.17 Å². The van der Waals surface area contributed by atoms with Gasteiger partial charge in [0.25, 0.3) is 5.91 Å². The molecule has 0 radical (unpaired) electrons. The second-order valence-electron chi connectivity index (χ2n) is 6.55. The molecule has 0 aromatic heterocycles. The smallest absolute Gasteiger partial charge is 0.251 e. The highest BCUT2D eigenvalue weighted by molar-refractivity contribution is 8.13. The normalized spacial score (nSPS) is 23.2. The molecule has 0 spiro atoms. The molecule has 1 aliphatic heterocycles. The number of carbonyl (C=O) groups excluding carboxylic acids is 1. The fourth-order valence-electron chi connectivity index (χ4n) is 2.78. The lowest BCUT2D eigenvalue weighted by Gasteiger charge is -2.29. The maximum absolute atomic E-state index is 12.4. The van der Waals surface area contributed by atoms with Gasteiger partial charge >= 0.3 is 0 Å². The first-order valence-corrected chi connectivity index (χ1v) is 9.38. The highest BCUT2D eigenvalue weighted by atomic mass is 32.2. The average molecular weight is 350 g/mol. The van der Waals surface area contributed by atoms with Crippen LogP contribution >= 0.6 is 11.8 Å². The number of carbonyl (C=O) groups is 1. The van der Waals surface area contributed by atoms with E-state index >= 15 is 0 Å². The van der Waals surface area contributed by atoms with Gasteiger partial charge in [-0.3, -0.25) is 9.79 Å². The van der Waals surface area contributed by atoms with Crippen molar-refractivity contribution < 1.29 is 9.90 Å². The molecule has 1 aromatic rings. The van der Waals surface area contributed by atoms with Crippen molar-refractivity contribution >= 4 is 22.8 Å². The Kier molecular flexibility index (Phi) is 6.29. The maximum Gasteiger partial charge on any atom is 0.251 e. The number of aliphatic imine (C=N–C) groups is 1. The number of aliphatic hydroxyl groups excluding tert-OH is 1. The molecular weight excluding hydrogens is 322 g/mol. The SMILES string of the molecule is CCC(C)[C@H](CO)NC(=O)c1ccc(C2(C)CCSC(N)=N2)cc1. The number of thioether (sulfide) groups is 1. The summed E-state index contributed by atoms with van der Waals surface area (Å²) in [6.45, 7) is 6.08. The summed E-state index contributed by atoms with van der Waals surface area (Å²) in [5, 5.41) is 13.0. The van der Waals surface area contributed by atoms with Crippen molar-refractivity contribution in [2.45, 2.75) is 45.2 Å². The largest absolute Gasteiger partial charge is 0.394 e. The minimum absolute atomic E-state index is 0.0530. The van der Waals surface area contributed by atoms with Gasteiger partial charge in [-0.2, -0.15) is 0 Å². The molecule has 0 saturated carbocycles. The van der Waals surface area contributed by atoms with Gasteiger partial charge in [-0.05, 0) is 37.0 Å². The Bertz CT molecular complexity index is 603. The van der Waals surface area contributed by atoms with E-state index < -0.39 is 0 Å². The number of nitrogens with two attached hydrogens (primary N) is 1. The average Bonchev–Trinajstić information content (AvgIpc) is 2.58. The van der Waals surface area contributed by atoms with Crippen molar-refractivity contribution in [3.05, 3.63) is 35.4 Å². The highest BCUT2D eigenvalue weighted by Crippen LogP contribution is 2.34. The molecule has 4 N–H and O–H groups in total. The van der Waals surface area contributed by atoms with Crippen molar-refractivity contribution in [3.63, 3.8) is 0 Å². The first kappa shape index (κ1) is 18.8. The van der Waals surface area contributed by atoms with E-state index in [2.05, 4.69) is 17.2 Å². The number of benzene rings is 1. The first-order valence-electron chi connectivity index (χ1n) is 8.40. The summed E-state index contributed by atoms with van der Waals surface area (Å²) in [4.78, 5) is 17.0. The van der Waals surface area contributed by atoms with Crippen LogP contribution in [0, 0.1) is 5.92 Å². The van der Waals surface area contributed by atoms with Gasteiger partial charge in [-0.25, -0.2) is 0 Å². The van der Waals surface area contributed by atoms with Gasteiger partial charge < -0.3 is 16.2 Å². The third-order valence-corrected chi connectivity index (χ3v) is 5.60. The number of amidine groups is 1. The van der Waals surface area contributed by atoms with Crippen LogP contribution in [0.3, 0.4) is 0 Å². The zero-order valence-corrected chi connectivity index (χ0v) is 15.4. The van der Waals surface area contributed by atoms with Crippen LogP contribution in [0.15, 0.2) is 29.3 Å². The Balaban J connectivity index is 2.11. The summed E-state index contributed by atoms with van der Waals surface area (Å²) in [6.07, 6.45) is 1.82. The van der Waals surface area contributed by atoms with Crippen LogP contribution in [-0.4, -0.2) is 34.6 Å². The lowest BCUT2D eigenvalue weighted by atomic mass is 9.89. The molecule has 1 aromatic carbocycles. The fraction of sp³-hybridized carbons (Fsp3) is 0.556. The zero-order chi connectivity index (χ0) is 17.7. The molecule has 2 unspecified atom stereocenters. The molecule has 0 aliphatic carbocycles. The van der Waals surface area contributed by atoms with Crippen LogP contribution in [0.2, 0.25) is 0 Å². The van der Waals surface area contributed by atoms with E-state index in [1.165, 1.54) is 0 Å². The van der Waals surface area contributed by atoms with E-state index in [0.29, 0.717) is 10.7 Å². The summed E-state index contributed by atoms with van der Waals surface area (Å²) in [5.41, 5.74) is 7.19. The Morgan fingerprint density at radius 2 is 2.12 bits per heavy atom. The Hall–Kier alpha value is -1.53. The number of amides is 1. The monoisotopic (exact) mass is 349 g/mol. The van der Waals surface area contributed by atoms with Crippen molar-refractivity contribution in [3.8, 4) is 0 Å². The lowest BCUT2D eigenvalue weighted by Crippen LogP contribution is -2.41. The van der Waals surface area contributed by atoms with Crippen molar-refractivity contribution in [2.75, 3.05) is 12.4 Å². The summed E-state index contributed by atoms with van der Waals surface area (Å²) in [5.74, 6) is 1.02. The van der Waals surface area contributed by atoms with Crippen molar-refractivity contribution in [1.82, 2.24) is 5.32 Å². The van der Waals surface area contributed by atoms with Gasteiger partial charge in [-0.15, -0.1) is 0 Å². The fourth-order valence-corrected chi connectivity index (χ4v) is 3.75. The molecule has 3 atom stereocenters. The Morgan fingerprint density at radius 3 is 2.67 bits per heavy atom. The van der Waals surface area contributed by atoms with E-state index in [1.54, 1.807) is 11.8 Å². The summed E-state index contributed by atoms with van der Waals surface area (Å²) in [6, 6.07) is 7.29. The van der Waals surface area contributed by atoms with E-state index in [9.17, 15) is 9.90 Å². The molecule has 1 amide bonds. The molecule has 0 fully saturated rings. The topological polar surface area (TPSA) is 87.7 Å². The summed E-state index contributed by atoms with van der Waals surface area (Å²) in [7, 11) is 0. The van der Waals surface area contributed by atoms with E-state index in [4.69, 9.17) is 5.73 Å². The van der Waals surface area contributed by atoms with Crippen molar-refractivity contribution in [2.24, 2.45) is 16.6 Å². The van der Waals surface area contributed by atoms with Gasteiger partial charge in [0.1, 0.15) is 0 Å². The van der Waals surface area contributed by atoms with Gasteiger partial charge in [0.05, 0.1) is 18.2 Å². The molecule has 0 bridgehead atoms. The zero-order valence-electron chi connectivity index (χ0n) is 14.6. The molecule has 2 rings (SSSR count). The molecule has 24 heavy (non-hydrogen) atoms. The van der Waals surface area contributed by atoms with Crippen LogP contribution in [0.4, 0.5) is 0 Å². The number of nitrogens with one attached hydrogen (secondary N) is 1. The van der Waals surface area contributed by atoms with Crippen LogP contribution in [0.25, 0.3) is 0 Å². The minimum atomic E-state index is -0.325. The third-order valence-electron chi connectivity index (χ3n) is 4.81. The number of nitrogens with zero attached hydrogens (tertiary/aromatic N) is 1. The Labute approximate surface area is 148 Å². The minimum Gasteiger partial charge on any atom is -0.394 e. The molecule has 0 saturated heterocycles. The molecule has 1 heterocycles. The van der Waals surface area contributed by atoms with Gasteiger partial charge in [0.2, 0.25) is 0 Å². The van der Waals surface area contributed by atoms with Gasteiger partial charge in [-0.1, -0.05) is 44.2 Å². The number of rotatable bonds is 6. The second kappa shape index (κ2) is 8.03. The standard InChI is InChI=1S/C18H27N3O2S/c1-4-12(2)15(11-22)20-16(23)13-5-7-14(8-6-13)18(3)9-10-24-17(19)21-18/h5-8,12,15,22H,4,9-11H2,1-3H3,(H2,19,21)(H,20,23)/t12?,15-,18?/m0/s1. The van der Waals surface area contributed by atoms with Crippen LogP contribution in [-0.2, 0) is 5.54 Å². The van der Waals surface area contributed by atoms with Crippen LogP contribution in [0.5, 0.6) is 0 Å². The van der Waals surface area contributed by atoms with Crippen LogP contribution in [0.1, 0.15) is 49.5 Å². The number of hydrogen-bond donors (Lipinski definition) is 3. The third kappa shape index (κ3) is 4.30. The molecule has 5 nitrogen and oxygen atoms in total. The summed E-state index contributed by atoms with van der Waals surface area (Å²) >= 11 is 1.58. The summed E-state index contributed by atoms with van der Waals surface area (Å²) < 4.78 is 0. The van der Waals surface area contributed by atoms with Crippen LogP contribution < -0.4 is 11.1 Å². The number of aliphatic hydroxyl groups is 1. The van der Waals surface area contributed by atoms with E-state index in [-0.39, 0.29) is 30.0 Å². The maximum atomic E-state index is 12.4. The van der Waals surface area contributed by atoms with E-state index in [0.717, 1.165) is 24.2 Å². The highest BCUT2D eigenvalue weighted by Gasteiger charge is 2.29. The Morgan fingerprint density at radius 1 is 1.46 bits per heavy atom. The predicted octanol–water partition coefficient (Wildman–Crippen LogP) is 2.49. The predicted molar refractivity (Wildman–Crippen MR) is 100 cm³/mol. The molecule has 132 valence electrons. The first-order chi connectivity index (χ1) is 11.4. The molecule has 1 aliphatic rings. The second-order valence-corrected chi connectivity index (χ2v) is 7.66. The van der Waals surface area contributed by atoms with Gasteiger partial charge in [0, 0.05) is 11.3 Å².